The maximum absolute atomic E-state index is 0. The molecule has 0 amide bonds. The molecule has 0 N–H and O–H groups in total. The molecule has 0 fully saturated rings. The Hall–Kier alpha value is 1.93. The van der Waals surface area contributed by atoms with Crippen molar-refractivity contribution in [2.24, 2.45) is 0 Å². The first kappa shape index (κ1) is 65.2. The van der Waals surface area contributed by atoms with Crippen LogP contribution in [0.15, 0.2) is 0 Å². The normalized spacial score (nSPS) is 0. The van der Waals surface area contributed by atoms with Crippen molar-refractivity contribution in [3.05, 3.63) is 0 Å². The molecule has 0 aromatic carbocycles. The topological polar surface area (TPSA) is 0 Å². The van der Waals surface area contributed by atoms with E-state index in [4.69, 9.17) is 0 Å². The molecule has 0 rings (SSSR count). The van der Waals surface area contributed by atoms with Crippen LogP contribution in [0.5, 0.6) is 0 Å². The second-order valence-electron chi connectivity index (χ2n) is 0. The van der Waals surface area contributed by atoms with E-state index in [0.29, 0.717) is 0 Å². The van der Waals surface area contributed by atoms with Gasteiger partial charge < -0.3 is 0 Å². The van der Waals surface area contributed by atoms with Crippen molar-refractivity contribution in [1.82, 2.24) is 0 Å². The van der Waals surface area contributed by atoms with Gasteiger partial charge in [0.1, 0.15) is 0 Å². The maximum atomic E-state index is 0. The van der Waals surface area contributed by atoms with Gasteiger partial charge in [-0.2, -0.15) is 0 Å². The molecule has 0 nitrogen and oxygen atoms in total. The molecule has 0 aliphatic heterocycles. The van der Waals surface area contributed by atoms with Gasteiger partial charge >= 0.3 is 0 Å². The van der Waals surface area contributed by atoms with Crippen LogP contribution in [0, 0.1) is 0 Å². The summed E-state index contributed by atoms with van der Waals surface area (Å²) in [5.41, 5.74) is 0. The molecule has 0 aliphatic carbocycles. The summed E-state index contributed by atoms with van der Waals surface area (Å²) in [5, 5.41) is 0. The molecule has 0 aromatic heterocycles. The Bertz CT molecular complexity index is 6.85. The van der Waals surface area contributed by atoms with Crippen molar-refractivity contribution < 1.29 is 17.4 Å². The predicted molar refractivity (Wildman–Crippen MR) is 31.7 cm³/mol. The summed E-state index contributed by atoms with van der Waals surface area (Å²) in [6.07, 6.45) is 0. The molecule has 0 saturated heterocycles. The van der Waals surface area contributed by atoms with Gasteiger partial charge in [0.25, 0.3) is 0 Å². The number of hydrogen-bond acceptors (Lipinski definition) is 0. The fourth-order valence-corrected chi connectivity index (χ4v) is 0. The molecule has 0 aromatic rings. The van der Waals surface area contributed by atoms with Gasteiger partial charge in [-0.25, -0.2) is 0 Å². The van der Waals surface area contributed by atoms with Crippen LogP contribution in [0.4, 0.5) is 0 Å². The standard InChI is InChI=1S/Al.3ClH.Cr.3H/h;3*1H;;;;. The summed E-state index contributed by atoms with van der Waals surface area (Å²) in [7, 11) is 0. The van der Waals surface area contributed by atoms with Crippen LogP contribution in [-0.4, -0.2) is 17.4 Å². The number of halogens is 3. The van der Waals surface area contributed by atoms with Crippen molar-refractivity contribution in [3.8, 4) is 0 Å². The molecule has 5 heavy (non-hydrogen) atoms. The maximum Gasteiger partial charge on any atom is 0.187 e. The molecule has 0 heterocycles. The minimum atomic E-state index is 0. The average molecular weight is 191 g/mol. The van der Waals surface area contributed by atoms with Gasteiger partial charge in [0.15, 0.2) is 17.4 Å². The van der Waals surface area contributed by atoms with Gasteiger partial charge in [0.05, 0.1) is 0 Å². The Labute approximate surface area is 71.6 Å². The van der Waals surface area contributed by atoms with E-state index in [1.807, 2.05) is 0 Å². The van der Waals surface area contributed by atoms with Crippen LogP contribution in [-0.2, 0) is 17.4 Å². The number of rotatable bonds is 0. The van der Waals surface area contributed by atoms with E-state index in [2.05, 4.69) is 0 Å². The van der Waals surface area contributed by atoms with Crippen molar-refractivity contribution in [1.29, 1.82) is 0 Å². The first-order valence-corrected chi connectivity index (χ1v) is 0. The van der Waals surface area contributed by atoms with Gasteiger partial charge in [0.2, 0.25) is 0 Å². The summed E-state index contributed by atoms with van der Waals surface area (Å²) in [6.45, 7) is 0. The van der Waals surface area contributed by atoms with E-state index < -0.39 is 0 Å². The Morgan fingerprint density at radius 1 is 0.600 bits per heavy atom. The quantitative estimate of drug-likeness (QED) is 0.476. The molecule has 5 heteroatoms. The van der Waals surface area contributed by atoms with Crippen LogP contribution in [0.1, 0.15) is 0 Å². The largest absolute Gasteiger partial charge is 0.187 e. The van der Waals surface area contributed by atoms with Crippen molar-refractivity contribution in [2.45, 2.75) is 0 Å². The molecule has 0 aliphatic rings. The summed E-state index contributed by atoms with van der Waals surface area (Å²) in [6, 6.07) is 0. The van der Waals surface area contributed by atoms with E-state index in [1.165, 1.54) is 0 Å². The third kappa shape index (κ3) is 24.5. The van der Waals surface area contributed by atoms with Crippen LogP contribution < -0.4 is 0 Å². The van der Waals surface area contributed by atoms with Gasteiger partial charge in [-0.3, -0.25) is 0 Å². The van der Waals surface area contributed by atoms with Gasteiger partial charge in [0, 0.05) is 17.4 Å². The van der Waals surface area contributed by atoms with Crippen molar-refractivity contribution >= 4 is 54.6 Å². The number of hydrogen-bond donors (Lipinski definition) is 0. The molecular formula is H6AlCl3Cr. The molecular weight excluding hydrogens is 185 g/mol. The van der Waals surface area contributed by atoms with Gasteiger partial charge in [-0.1, -0.05) is 0 Å². The van der Waals surface area contributed by atoms with Crippen LogP contribution in [0.25, 0.3) is 0 Å². The fourth-order valence-electron chi connectivity index (χ4n) is 0. The molecule has 0 saturated carbocycles. The minimum Gasteiger partial charge on any atom is -0.147 e. The average Bonchev–Trinajstić information content (AvgIpc) is 0. The molecule has 36 valence electrons. The van der Waals surface area contributed by atoms with E-state index in [-0.39, 0.29) is 71.9 Å². The Balaban J connectivity index is 0. The zero-order chi connectivity index (χ0) is 0. The zero-order valence-corrected chi connectivity index (χ0v) is 5.36. The zero-order valence-electron chi connectivity index (χ0n) is 1.63. The Morgan fingerprint density at radius 2 is 0.600 bits per heavy atom. The molecule has 0 spiro atoms. The van der Waals surface area contributed by atoms with Crippen molar-refractivity contribution in [3.63, 3.8) is 0 Å². The summed E-state index contributed by atoms with van der Waals surface area (Å²) in [4.78, 5) is 0. The second-order valence-corrected chi connectivity index (χ2v) is 0. The van der Waals surface area contributed by atoms with E-state index in [0.717, 1.165) is 0 Å². The predicted octanol–water partition coefficient (Wildman–Crippen LogP) is 0.0790. The smallest absolute Gasteiger partial charge is 0.147 e. The van der Waals surface area contributed by atoms with E-state index in [9.17, 15) is 0 Å². The summed E-state index contributed by atoms with van der Waals surface area (Å²) in [5.74, 6) is 0. The first-order valence-electron chi connectivity index (χ1n) is 0. The fraction of sp³-hybridized carbons (Fsp3) is 0. The minimum absolute atomic E-state index is 0. The summed E-state index contributed by atoms with van der Waals surface area (Å²) < 4.78 is 0. The molecule has 0 radical (unpaired) electrons. The van der Waals surface area contributed by atoms with Gasteiger partial charge in [-0.05, 0) is 0 Å². The molecule has 0 unspecified atom stereocenters. The third-order valence-corrected chi connectivity index (χ3v) is 0. The second kappa shape index (κ2) is 38.6. The van der Waals surface area contributed by atoms with Crippen LogP contribution in [0.3, 0.4) is 0 Å². The van der Waals surface area contributed by atoms with Crippen LogP contribution >= 0.6 is 37.2 Å². The Morgan fingerprint density at radius 3 is 0.600 bits per heavy atom. The van der Waals surface area contributed by atoms with Gasteiger partial charge in [-0.15, -0.1) is 37.2 Å². The van der Waals surface area contributed by atoms with E-state index >= 15 is 0 Å². The van der Waals surface area contributed by atoms with Crippen LogP contribution in [0.2, 0.25) is 0 Å². The third-order valence-electron chi connectivity index (χ3n) is 0. The summed E-state index contributed by atoms with van der Waals surface area (Å²) >= 11 is 0. The Kier molecular flexibility index (Phi) is 504. The van der Waals surface area contributed by atoms with E-state index in [1.54, 1.807) is 0 Å². The molecule has 0 atom stereocenters. The first-order chi connectivity index (χ1) is 0. The monoisotopic (exact) mass is 190 g/mol. The van der Waals surface area contributed by atoms with Crippen molar-refractivity contribution in [2.75, 3.05) is 0 Å². The molecule has 0 bridgehead atoms. The SMILES string of the molecule is Cl.Cl.Cl.[AlH3].[Cr].